The fraction of sp³-hybridized carbons (Fsp3) is 0. The van der Waals surface area contributed by atoms with Gasteiger partial charge in [-0.25, -0.2) is 4.98 Å². The van der Waals surface area contributed by atoms with Crippen LogP contribution in [-0.4, -0.2) is 15.9 Å². The first-order valence-electron chi connectivity index (χ1n) is 6.34. The van der Waals surface area contributed by atoms with Crippen LogP contribution < -0.4 is 5.73 Å². The number of hydrogen-bond donors (Lipinski definition) is 2. The molecule has 2 aromatic heterocycles. The molecule has 0 saturated heterocycles. The molecule has 2 heterocycles. The zero-order valence-electron chi connectivity index (χ0n) is 11.0. The fourth-order valence-corrected chi connectivity index (χ4v) is 2.30. The molecule has 0 aliphatic carbocycles. The van der Waals surface area contributed by atoms with Gasteiger partial charge in [-0.1, -0.05) is 23.7 Å². The summed E-state index contributed by atoms with van der Waals surface area (Å²) < 4.78 is 0. The number of aromatic amines is 1. The van der Waals surface area contributed by atoms with Crippen LogP contribution in [0.2, 0.25) is 5.02 Å². The summed E-state index contributed by atoms with van der Waals surface area (Å²) in [6.45, 7) is 0. The summed E-state index contributed by atoms with van der Waals surface area (Å²) in [6, 6.07) is 10.8. The van der Waals surface area contributed by atoms with Gasteiger partial charge < -0.3 is 10.7 Å². The van der Waals surface area contributed by atoms with Gasteiger partial charge in [0.25, 0.3) is 0 Å². The molecule has 0 radical (unpaired) electrons. The summed E-state index contributed by atoms with van der Waals surface area (Å²) in [7, 11) is 0. The van der Waals surface area contributed by atoms with Crippen LogP contribution in [0, 0.1) is 0 Å². The van der Waals surface area contributed by atoms with Crippen LogP contribution in [0.25, 0.3) is 22.7 Å². The van der Waals surface area contributed by atoms with Crippen molar-refractivity contribution < 1.29 is 4.79 Å². The second-order valence-electron chi connectivity index (χ2n) is 4.57. The molecule has 4 nitrogen and oxygen atoms in total. The highest BCUT2D eigenvalue weighted by atomic mass is 35.5. The number of fused-ring (bicyclic) bond motifs is 1. The molecule has 0 atom stereocenters. The molecule has 0 spiro atoms. The number of H-pyrrole nitrogens is 1. The number of aromatic nitrogens is 2. The van der Waals surface area contributed by atoms with E-state index in [1.54, 1.807) is 42.7 Å². The average molecular weight is 298 g/mol. The van der Waals surface area contributed by atoms with Crippen molar-refractivity contribution in [2.75, 3.05) is 0 Å². The lowest BCUT2D eigenvalue weighted by Gasteiger charge is -2.04. The lowest BCUT2D eigenvalue weighted by molar-refractivity contribution is -0.112. The molecule has 104 valence electrons. The molecule has 0 fully saturated rings. The van der Waals surface area contributed by atoms with Crippen molar-refractivity contribution in [3.63, 3.8) is 0 Å². The van der Waals surface area contributed by atoms with E-state index >= 15 is 0 Å². The third-order valence-corrected chi connectivity index (χ3v) is 3.46. The fourth-order valence-electron chi connectivity index (χ4n) is 2.18. The van der Waals surface area contributed by atoms with Crippen LogP contribution >= 0.6 is 11.6 Å². The Labute approximate surface area is 126 Å². The minimum absolute atomic E-state index is 0.427. The number of nitrogens with zero attached hydrogens (tertiary/aromatic N) is 1. The van der Waals surface area contributed by atoms with Crippen molar-refractivity contribution in [3.8, 4) is 0 Å². The number of rotatable bonds is 3. The number of primary amides is 1. The molecule has 3 aromatic rings. The Balaban J connectivity index is 2.13. The molecule has 0 aliphatic rings. The second-order valence-corrected chi connectivity index (χ2v) is 5.01. The quantitative estimate of drug-likeness (QED) is 0.728. The lowest BCUT2D eigenvalue weighted by atomic mass is 10.0. The van der Waals surface area contributed by atoms with Gasteiger partial charge in [0.05, 0.1) is 0 Å². The molecule has 3 rings (SSSR count). The summed E-state index contributed by atoms with van der Waals surface area (Å²) in [5, 5.41) is 1.55. The number of carbonyl (C=O) groups excluding carboxylic acids is 1. The number of hydrogen-bond acceptors (Lipinski definition) is 2. The molecular weight excluding hydrogens is 286 g/mol. The summed E-state index contributed by atoms with van der Waals surface area (Å²) >= 11 is 5.87. The predicted octanol–water partition coefficient (Wildman–Crippen LogP) is 3.24. The molecule has 5 heteroatoms. The molecule has 0 saturated carbocycles. The van der Waals surface area contributed by atoms with Gasteiger partial charge in [0, 0.05) is 33.9 Å². The van der Waals surface area contributed by atoms with Gasteiger partial charge in [-0.05, 0) is 35.9 Å². The molecule has 3 N–H and O–H groups in total. The highest BCUT2D eigenvalue weighted by Crippen LogP contribution is 2.24. The Hall–Kier alpha value is -2.59. The molecule has 1 aromatic carbocycles. The smallest absolute Gasteiger partial charge is 0.249 e. The molecule has 0 bridgehead atoms. The van der Waals surface area contributed by atoms with Crippen LogP contribution in [0.1, 0.15) is 11.1 Å². The van der Waals surface area contributed by atoms with Crippen molar-refractivity contribution in [2.45, 2.75) is 0 Å². The zero-order valence-corrected chi connectivity index (χ0v) is 11.8. The van der Waals surface area contributed by atoms with E-state index in [4.69, 9.17) is 17.3 Å². The maximum absolute atomic E-state index is 11.7. The van der Waals surface area contributed by atoms with E-state index in [1.165, 1.54) is 0 Å². The zero-order chi connectivity index (χ0) is 14.8. The van der Waals surface area contributed by atoms with Crippen molar-refractivity contribution in [1.82, 2.24) is 9.97 Å². The highest BCUT2D eigenvalue weighted by Gasteiger charge is 2.10. The normalized spacial score (nSPS) is 11.8. The van der Waals surface area contributed by atoms with E-state index in [1.807, 2.05) is 12.1 Å². The van der Waals surface area contributed by atoms with Gasteiger partial charge in [0.1, 0.15) is 5.65 Å². The minimum atomic E-state index is -0.490. The summed E-state index contributed by atoms with van der Waals surface area (Å²) in [5.74, 6) is -0.490. The lowest BCUT2D eigenvalue weighted by Crippen LogP contribution is -2.12. The van der Waals surface area contributed by atoms with Crippen molar-refractivity contribution in [3.05, 3.63) is 64.9 Å². The third-order valence-electron chi connectivity index (χ3n) is 3.20. The largest absolute Gasteiger partial charge is 0.366 e. The van der Waals surface area contributed by atoms with Crippen molar-refractivity contribution >= 4 is 40.2 Å². The maximum Gasteiger partial charge on any atom is 0.249 e. The molecule has 21 heavy (non-hydrogen) atoms. The second kappa shape index (κ2) is 5.42. The van der Waals surface area contributed by atoms with Crippen LogP contribution in [0.5, 0.6) is 0 Å². The number of halogens is 1. The Morgan fingerprint density at radius 3 is 2.71 bits per heavy atom. The van der Waals surface area contributed by atoms with E-state index in [-0.39, 0.29) is 0 Å². The number of nitrogens with two attached hydrogens (primary N) is 1. The third kappa shape index (κ3) is 2.66. The van der Waals surface area contributed by atoms with Gasteiger partial charge in [-0.2, -0.15) is 0 Å². The number of benzene rings is 1. The number of pyridine rings is 1. The van der Waals surface area contributed by atoms with Crippen LogP contribution in [0.15, 0.2) is 48.8 Å². The highest BCUT2D eigenvalue weighted by molar-refractivity contribution is 6.31. The molecule has 0 unspecified atom stereocenters. The Kier molecular flexibility index (Phi) is 3.46. The average Bonchev–Trinajstić information content (AvgIpc) is 2.89. The Morgan fingerprint density at radius 2 is 2.00 bits per heavy atom. The molecule has 0 aliphatic heterocycles. The number of carbonyl (C=O) groups is 1. The first-order valence-corrected chi connectivity index (χ1v) is 6.72. The van der Waals surface area contributed by atoms with Gasteiger partial charge in [-0.3, -0.25) is 4.79 Å². The van der Waals surface area contributed by atoms with Crippen LogP contribution in [0.4, 0.5) is 0 Å². The maximum atomic E-state index is 11.7. The van der Waals surface area contributed by atoms with Gasteiger partial charge in [-0.15, -0.1) is 0 Å². The summed E-state index contributed by atoms with van der Waals surface area (Å²) in [4.78, 5) is 19.0. The van der Waals surface area contributed by atoms with E-state index in [0.717, 1.165) is 22.2 Å². The standard InChI is InChI=1S/C16H12ClN3O/c17-12-5-3-10(4-6-12)14(15(18)21)8-11-9-20-16-13(11)2-1-7-19-16/h1-9H,(H2,18,21)(H,19,20)/b14-8-. The van der Waals surface area contributed by atoms with Gasteiger partial charge in [0.2, 0.25) is 5.91 Å². The van der Waals surface area contributed by atoms with Crippen molar-refractivity contribution in [2.24, 2.45) is 5.73 Å². The topological polar surface area (TPSA) is 71.8 Å². The minimum Gasteiger partial charge on any atom is -0.366 e. The predicted molar refractivity (Wildman–Crippen MR) is 84.6 cm³/mol. The van der Waals surface area contributed by atoms with Gasteiger partial charge >= 0.3 is 0 Å². The number of amides is 1. The monoisotopic (exact) mass is 297 g/mol. The van der Waals surface area contributed by atoms with Crippen molar-refractivity contribution in [1.29, 1.82) is 0 Å². The van der Waals surface area contributed by atoms with Crippen LogP contribution in [0.3, 0.4) is 0 Å². The SMILES string of the molecule is NC(=O)/C(=C\c1c[nH]c2ncccc12)c1ccc(Cl)cc1. The van der Waals surface area contributed by atoms with E-state index in [9.17, 15) is 4.79 Å². The Bertz CT molecular complexity index is 834. The number of nitrogens with one attached hydrogen (secondary N) is 1. The molecule has 1 amide bonds. The first-order chi connectivity index (χ1) is 10.1. The summed E-state index contributed by atoms with van der Waals surface area (Å²) in [6.07, 6.45) is 5.27. The summed E-state index contributed by atoms with van der Waals surface area (Å²) in [5.41, 5.74) is 8.29. The Morgan fingerprint density at radius 1 is 1.24 bits per heavy atom. The first kappa shape index (κ1) is 13.4. The van der Waals surface area contributed by atoms with E-state index in [0.29, 0.717) is 10.6 Å². The van der Waals surface area contributed by atoms with E-state index < -0.39 is 5.91 Å². The molecular formula is C16H12ClN3O. The van der Waals surface area contributed by atoms with E-state index in [2.05, 4.69) is 9.97 Å². The van der Waals surface area contributed by atoms with Gasteiger partial charge in [0.15, 0.2) is 0 Å². The van der Waals surface area contributed by atoms with Crippen LogP contribution in [-0.2, 0) is 4.79 Å².